The molecule has 3 aliphatic rings. The highest BCUT2D eigenvalue weighted by Gasteiger charge is 2.49. The second kappa shape index (κ2) is 8.50. The molecule has 0 bridgehead atoms. The van der Waals surface area contributed by atoms with E-state index in [1.807, 2.05) is 0 Å². The number of nitrogens with one attached hydrogen (secondary N) is 1. The Balaban J connectivity index is 1.42. The first-order valence-corrected chi connectivity index (χ1v) is 11.8. The van der Waals surface area contributed by atoms with Gasteiger partial charge in [0.25, 0.3) is 0 Å². The van der Waals surface area contributed by atoms with Gasteiger partial charge in [-0.25, -0.2) is 13.8 Å². The van der Waals surface area contributed by atoms with Gasteiger partial charge in [0.15, 0.2) is 11.0 Å². The summed E-state index contributed by atoms with van der Waals surface area (Å²) in [5.41, 5.74) is -1.20. The minimum Gasteiger partial charge on any atom is -0.461 e. The van der Waals surface area contributed by atoms with Crippen molar-refractivity contribution < 1.29 is 18.6 Å². The Morgan fingerprint density at radius 2 is 2.03 bits per heavy atom. The Labute approximate surface area is 190 Å². The van der Waals surface area contributed by atoms with Gasteiger partial charge in [-0.15, -0.1) is 0 Å². The summed E-state index contributed by atoms with van der Waals surface area (Å²) >= 11 is 5.89. The first kappa shape index (κ1) is 22.0. The van der Waals surface area contributed by atoms with Crippen molar-refractivity contribution in [2.24, 2.45) is 0 Å². The number of alkyl halides is 1. The number of pyridine rings is 1. The first-order chi connectivity index (χ1) is 15.4. The van der Waals surface area contributed by atoms with E-state index in [1.165, 1.54) is 6.20 Å². The number of aliphatic hydroxyl groups is 1. The molecule has 2 aliphatic heterocycles. The van der Waals surface area contributed by atoms with E-state index in [4.69, 9.17) is 16.3 Å². The highest BCUT2D eigenvalue weighted by atomic mass is 35.5. The summed E-state index contributed by atoms with van der Waals surface area (Å²) in [6.07, 6.45) is 7.27. The van der Waals surface area contributed by atoms with Crippen LogP contribution in [0.1, 0.15) is 51.4 Å². The number of rotatable bonds is 6. The number of nitrogens with zero attached hydrogens (tertiary/aromatic N) is 4. The smallest absolute Gasteiger partial charge is 0.319 e. The largest absolute Gasteiger partial charge is 0.461 e. The SMILES string of the molecule is OC1(CNc2nc(OC[C@@]34CCCN3C[C@H](F)C4)nc3c(F)c(Cl)ncc23)CCCCC1. The van der Waals surface area contributed by atoms with E-state index in [0.717, 1.165) is 38.6 Å². The fraction of sp³-hybridized carbons (Fsp3) is 0.682. The lowest BCUT2D eigenvalue weighted by molar-refractivity contribution is 0.0166. The van der Waals surface area contributed by atoms with E-state index in [9.17, 15) is 13.9 Å². The van der Waals surface area contributed by atoms with Crippen LogP contribution in [-0.4, -0.2) is 68.5 Å². The Kier molecular flexibility index (Phi) is 5.84. The molecule has 5 rings (SSSR count). The van der Waals surface area contributed by atoms with Crippen molar-refractivity contribution in [2.75, 3.05) is 31.6 Å². The predicted molar refractivity (Wildman–Crippen MR) is 117 cm³/mol. The molecular formula is C22H28ClF2N5O2. The maximum atomic E-state index is 14.8. The highest BCUT2D eigenvalue weighted by Crippen LogP contribution is 2.40. The fourth-order valence-electron chi connectivity index (χ4n) is 5.50. The van der Waals surface area contributed by atoms with Crippen LogP contribution >= 0.6 is 11.6 Å². The minimum absolute atomic E-state index is 0.000309. The van der Waals surface area contributed by atoms with Crippen LogP contribution in [0.25, 0.3) is 10.9 Å². The van der Waals surface area contributed by atoms with Gasteiger partial charge in [0.2, 0.25) is 0 Å². The molecule has 0 amide bonds. The zero-order valence-electron chi connectivity index (χ0n) is 17.9. The van der Waals surface area contributed by atoms with Gasteiger partial charge in [0.05, 0.1) is 16.5 Å². The van der Waals surface area contributed by atoms with Gasteiger partial charge >= 0.3 is 6.01 Å². The van der Waals surface area contributed by atoms with Crippen LogP contribution in [0.3, 0.4) is 0 Å². The number of halogens is 3. The molecule has 0 spiro atoms. The maximum Gasteiger partial charge on any atom is 0.319 e. The van der Waals surface area contributed by atoms with Gasteiger partial charge in [-0.2, -0.15) is 9.97 Å². The van der Waals surface area contributed by atoms with Crippen molar-refractivity contribution in [3.63, 3.8) is 0 Å². The molecule has 2 N–H and O–H groups in total. The summed E-state index contributed by atoms with van der Waals surface area (Å²) in [7, 11) is 0. The molecule has 0 aromatic carbocycles. The quantitative estimate of drug-likeness (QED) is 0.624. The molecule has 7 nitrogen and oxygen atoms in total. The molecule has 174 valence electrons. The Morgan fingerprint density at radius 1 is 1.22 bits per heavy atom. The van der Waals surface area contributed by atoms with E-state index < -0.39 is 17.6 Å². The Hall–Kier alpha value is -1.84. The molecule has 0 unspecified atom stereocenters. The molecule has 4 heterocycles. The molecule has 1 saturated carbocycles. The van der Waals surface area contributed by atoms with E-state index >= 15 is 0 Å². The topological polar surface area (TPSA) is 83.4 Å². The van der Waals surface area contributed by atoms with Crippen LogP contribution in [0.15, 0.2) is 6.20 Å². The Morgan fingerprint density at radius 3 is 2.84 bits per heavy atom. The van der Waals surface area contributed by atoms with Crippen LogP contribution in [0, 0.1) is 5.82 Å². The van der Waals surface area contributed by atoms with E-state index in [0.29, 0.717) is 37.0 Å². The summed E-state index contributed by atoms with van der Waals surface area (Å²) in [5.74, 6) is -0.413. The van der Waals surface area contributed by atoms with Crippen molar-refractivity contribution in [1.29, 1.82) is 0 Å². The second-order valence-corrected chi connectivity index (χ2v) is 9.84. The average molecular weight is 468 g/mol. The molecule has 3 fully saturated rings. The number of hydrogen-bond donors (Lipinski definition) is 2. The molecule has 2 aromatic heterocycles. The third-order valence-corrected chi connectivity index (χ3v) is 7.48. The molecule has 0 radical (unpaired) electrons. The standard InChI is InChI=1S/C22H28ClF2N5O2/c23-18-16(25)17-15(10-26-18)19(27-12-22(31)6-2-1-3-7-22)29-20(28-17)32-13-21-5-4-8-30(21)11-14(24)9-21/h10,14,31H,1-9,11-13H2,(H,27,28,29)/t14-,21+/m1/s1. The molecule has 2 atom stereocenters. The van der Waals surface area contributed by atoms with Gasteiger partial charge in [-0.1, -0.05) is 30.9 Å². The minimum atomic E-state index is -0.868. The van der Waals surface area contributed by atoms with Crippen LogP contribution in [-0.2, 0) is 0 Å². The van der Waals surface area contributed by atoms with Crippen molar-refractivity contribution in [3.8, 4) is 6.01 Å². The lowest BCUT2D eigenvalue weighted by atomic mass is 9.85. The number of fused-ring (bicyclic) bond motifs is 2. The van der Waals surface area contributed by atoms with E-state index in [1.54, 1.807) is 0 Å². The summed E-state index contributed by atoms with van der Waals surface area (Å²) in [6.45, 7) is 1.79. The molecule has 2 saturated heterocycles. The van der Waals surface area contributed by atoms with Crippen LogP contribution in [0.2, 0.25) is 5.15 Å². The van der Waals surface area contributed by atoms with Crippen molar-refractivity contribution in [1.82, 2.24) is 19.9 Å². The first-order valence-electron chi connectivity index (χ1n) is 11.4. The fourth-order valence-corrected chi connectivity index (χ4v) is 5.63. The number of aromatic nitrogens is 3. The summed E-state index contributed by atoms with van der Waals surface area (Å²) < 4.78 is 34.8. The van der Waals surface area contributed by atoms with Gasteiger partial charge in [0.1, 0.15) is 24.1 Å². The van der Waals surface area contributed by atoms with E-state index in [-0.39, 0.29) is 35.4 Å². The summed E-state index contributed by atoms with van der Waals surface area (Å²) in [4.78, 5) is 14.7. The van der Waals surface area contributed by atoms with Crippen molar-refractivity contribution in [2.45, 2.75) is 68.7 Å². The van der Waals surface area contributed by atoms with Gasteiger partial charge < -0.3 is 15.2 Å². The average Bonchev–Trinajstić information content (AvgIpc) is 3.30. The highest BCUT2D eigenvalue weighted by molar-refractivity contribution is 6.30. The van der Waals surface area contributed by atoms with Crippen molar-refractivity contribution in [3.05, 3.63) is 17.2 Å². The molecule has 10 heteroatoms. The molecule has 32 heavy (non-hydrogen) atoms. The van der Waals surface area contributed by atoms with Gasteiger partial charge in [0, 0.05) is 25.7 Å². The third-order valence-electron chi connectivity index (χ3n) is 7.22. The second-order valence-electron chi connectivity index (χ2n) is 9.48. The van der Waals surface area contributed by atoms with Crippen LogP contribution < -0.4 is 10.1 Å². The molecule has 1 aliphatic carbocycles. The Bertz CT molecular complexity index is 1010. The van der Waals surface area contributed by atoms with E-state index in [2.05, 4.69) is 25.2 Å². The van der Waals surface area contributed by atoms with Gasteiger partial charge in [-0.05, 0) is 32.2 Å². The number of anilines is 1. The normalized spacial score (nSPS) is 27.6. The van der Waals surface area contributed by atoms with Gasteiger partial charge in [-0.3, -0.25) is 4.90 Å². The number of ether oxygens (including phenoxy) is 1. The predicted octanol–water partition coefficient (Wildman–Crippen LogP) is 3.88. The molecular weight excluding hydrogens is 440 g/mol. The maximum absolute atomic E-state index is 14.8. The summed E-state index contributed by atoms with van der Waals surface area (Å²) in [6, 6.07) is 0.000309. The molecule has 2 aromatic rings. The van der Waals surface area contributed by atoms with Crippen LogP contribution in [0.5, 0.6) is 6.01 Å². The van der Waals surface area contributed by atoms with Crippen molar-refractivity contribution >= 4 is 28.3 Å². The summed E-state index contributed by atoms with van der Waals surface area (Å²) in [5, 5.41) is 14.1. The van der Waals surface area contributed by atoms with Crippen LogP contribution in [0.4, 0.5) is 14.6 Å². The third kappa shape index (κ3) is 4.10. The number of hydrogen-bond acceptors (Lipinski definition) is 7. The lowest BCUT2D eigenvalue weighted by Crippen LogP contribution is -2.43. The zero-order valence-corrected chi connectivity index (χ0v) is 18.7. The zero-order chi connectivity index (χ0) is 22.3. The monoisotopic (exact) mass is 467 g/mol. The lowest BCUT2D eigenvalue weighted by Gasteiger charge is -2.32.